The Kier molecular flexibility index (Phi) is 5.64. The van der Waals surface area contributed by atoms with Gasteiger partial charge in [0.15, 0.2) is 0 Å². The molecular weight excluding hydrogens is 336 g/mol. The first-order chi connectivity index (χ1) is 11.4. The fourth-order valence-electron chi connectivity index (χ4n) is 2.08. The first-order valence-electron chi connectivity index (χ1n) is 6.97. The first kappa shape index (κ1) is 17.6. The topological polar surface area (TPSA) is 107 Å². The van der Waals surface area contributed by atoms with Gasteiger partial charge in [-0.25, -0.2) is 9.97 Å². The summed E-state index contributed by atoms with van der Waals surface area (Å²) in [5.41, 5.74) is 1.28. The van der Waals surface area contributed by atoms with Crippen molar-refractivity contribution in [1.29, 1.82) is 0 Å². The number of aromatic nitrogens is 2. The number of carbonyl (C=O) groups is 1. The monoisotopic (exact) mass is 350 g/mol. The van der Waals surface area contributed by atoms with Crippen molar-refractivity contribution >= 4 is 29.1 Å². The molecule has 1 heterocycles. The number of halogens is 1. The Morgan fingerprint density at radius 2 is 2.00 bits per heavy atom. The lowest BCUT2D eigenvalue weighted by Crippen LogP contribution is -2.11. The number of benzene rings is 1. The van der Waals surface area contributed by atoms with Crippen LogP contribution in [0, 0.1) is 10.1 Å². The summed E-state index contributed by atoms with van der Waals surface area (Å²) in [5.74, 6) is 0.434. The number of nitrogens with one attached hydrogen (secondary N) is 1. The van der Waals surface area contributed by atoms with Crippen LogP contribution in [0.5, 0.6) is 0 Å². The summed E-state index contributed by atoms with van der Waals surface area (Å²) in [7, 11) is 2.95. The fraction of sp³-hybridized carbons (Fsp3) is 0.267. The Balaban J connectivity index is 2.26. The number of carbonyl (C=O) groups excluding carboxylic acids is 1. The number of hydrogen-bond donors (Lipinski definition) is 1. The molecule has 0 fully saturated rings. The van der Waals surface area contributed by atoms with Gasteiger partial charge in [0.05, 0.1) is 18.5 Å². The van der Waals surface area contributed by atoms with Gasteiger partial charge in [-0.1, -0.05) is 23.7 Å². The van der Waals surface area contributed by atoms with E-state index < -0.39 is 10.9 Å². The average Bonchev–Trinajstić information content (AvgIpc) is 2.57. The van der Waals surface area contributed by atoms with Gasteiger partial charge >= 0.3 is 5.97 Å². The average molecular weight is 351 g/mol. The molecule has 2 rings (SSSR count). The second-order valence-electron chi connectivity index (χ2n) is 4.86. The number of non-ortho nitro benzene ring substituents is 1. The van der Waals surface area contributed by atoms with Crippen molar-refractivity contribution in [3.63, 3.8) is 0 Å². The third-order valence-electron chi connectivity index (χ3n) is 3.30. The molecule has 0 aliphatic rings. The Bertz CT molecular complexity index is 765. The highest BCUT2D eigenvalue weighted by molar-refractivity contribution is 6.30. The van der Waals surface area contributed by atoms with E-state index >= 15 is 0 Å². The van der Waals surface area contributed by atoms with Crippen molar-refractivity contribution in [3.05, 3.63) is 56.5 Å². The SMILES string of the molecule is CNc1nc(Cc2ccc([N+](=O)[O-])cc2)nc(Cl)c1CC(=O)OC. The Morgan fingerprint density at radius 3 is 2.54 bits per heavy atom. The zero-order chi connectivity index (χ0) is 17.7. The van der Waals surface area contributed by atoms with Gasteiger partial charge in [0.2, 0.25) is 0 Å². The molecule has 0 unspecified atom stereocenters. The molecule has 0 aliphatic heterocycles. The van der Waals surface area contributed by atoms with Crippen molar-refractivity contribution in [1.82, 2.24) is 9.97 Å². The van der Waals surface area contributed by atoms with Crippen LogP contribution in [0.15, 0.2) is 24.3 Å². The lowest BCUT2D eigenvalue weighted by Gasteiger charge is -2.11. The molecule has 126 valence electrons. The predicted molar refractivity (Wildman–Crippen MR) is 88.2 cm³/mol. The van der Waals surface area contributed by atoms with Gasteiger partial charge in [-0.05, 0) is 5.56 Å². The number of rotatable bonds is 6. The largest absolute Gasteiger partial charge is 0.469 e. The molecule has 0 spiro atoms. The maximum absolute atomic E-state index is 11.4. The standard InChI is InChI=1S/C15H15ClN4O4/c1-17-15-11(8-13(21)24-2)14(16)18-12(19-15)7-9-3-5-10(6-4-9)20(22)23/h3-6H,7-8H2,1-2H3,(H,17,18,19). The minimum absolute atomic E-state index is 0.0158. The molecule has 1 aromatic heterocycles. The third kappa shape index (κ3) is 4.17. The first-order valence-corrected chi connectivity index (χ1v) is 7.35. The molecule has 8 nitrogen and oxygen atoms in total. The van der Waals surface area contributed by atoms with Gasteiger partial charge in [-0.2, -0.15) is 0 Å². The van der Waals surface area contributed by atoms with Crippen LogP contribution in [-0.2, 0) is 22.4 Å². The normalized spacial score (nSPS) is 10.3. The van der Waals surface area contributed by atoms with Crippen LogP contribution in [0.2, 0.25) is 5.15 Å². The highest BCUT2D eigenvalue weighted by Gasteiger charge is 2.16. The van der Waals surface area contributed by atoms with Crippen LogP contribution in [0.1, 0.15) is 17.0 Å². The molecular formula is C15H15ClN4O4. The van der Waals surface area contributed by atoms with Crippen LogP contribution in [0.25, 0.3) is 0 Å². The van der Waals surface area contributed by atoms with Gasteiger partial charge in [0.1, 0.15) is 16.8 Å². The van der Waals surface area contributed by atoms with Crippen LogP contribution in [0.4, 0.5) is 11.5 Å². The van der Waals surface area contributed by atoms with Crippen molar-refractivity contribution in [2.75, 3.05) is 19.5 Å². The van der Waals surface area contributed by atoms with Gasteiger partial charge in [0, 0.05) is 31.2 Å². The summed E-state index contributed by atoms with van der Waals surface area (Å²) in [6.07, 6.45) is 0.314. The summed E-state index contributed by atoms with van der Waals surface area (Å²) in [5, 5.41) is 13.7. The van der Waals surface area contributed by atoms with E-state index in [0.29, 0.717) is 23.6 Å². The smallest absolute Gasteiger partial charge is 0.310 e. The summed E-state index contributed by atoms with van der Waals surface area (Å²) < 4.78 is 4.63. The molecule has 1 N–H and O–H groups in total. The number of esters is 1. The zero-order valence-electron chi connectivity index (χ0n) is 13.1. The van der Waals surface area contributed by atoms with Gasteiger partial charge in [-0.3, -0.25) is 14.9 Å². The predicted octanol–water partition coefficient (Wildman–Crippen LogP) is 2.39. The van der Waals surface area contributed by atoms with Crippen molar-refractivity contribution < 1.29 is 14.5 Å². The summed E-state index contributed by atoms with van der Waals surface area (Å²) in [4.78, 5) is 30.2. The van der Waals surface area contributed by atoms with Crippen molar-refractivity contribution in [2.45, 2.75) is 12.8 Å². The van der Waals surface area contributed by atoms with Gasteiger partial charge < -0.3 is 10.1 Å². The van der Waals surface area contributed by atoms with Crippen LogP contribution >= 0.6 is 11.6 Å². The van der Waals surface area contributed by atoms with E-state index in [1.54, 1.807) is 19.2 Å². The van der Waals surface area contributed by atoms with E-state index in [1.807, 2.05) is 0 Å². The molecule has 2 aromatic rings. The Hall–Kier alpha value is -2.74. The van der Waals surface area contributed by atoms with Crippen LogP contribution in [-0.4, -0.2) is 35.0 Å². The summed E-state index contributed by atoms with van der Waals surface area (Å²) in [6.45, 7) is 0. The second kappa shape index (κ2) is 7.69. The van der Waals surface area contributed by atoms with Crippen LogP contribution < -0.4 is 5.32 Å². The minimum atomic E-state index is -0.460. The molecule has 0 bridgehead atoms. The quantitative estimate of drug-likeness (QED) is 0.369. The molecule has 0 amide bonds. The van der Waals surface area contributed by atoms with E-state index in [1.165, 1.54) is 19.2 Å². The van der Waals surface area contributed by atoms with Gasteiger partial charge in [-0.15, -0.1) is 0 Å². The molecule has 0 saturated carbocycles. The number of ether oxygens (including phenoxy) is 1. The van der Waals surface area contributed by atoms with E-state index in [9.17, 15) is 14.9 Å². The number of anilines is 1. The van der Waals surface area contributed by atoms with Crippen molar-refractivity contribution in [3.8, 4) is 0 Å². The molecule has 0 aliphatic carbocycles. The maximum atomic E-state index is 11.4. The third-order valence-corrected chi connectivity index (χ3v) is 3.61. The summed E-state index contributed by atoms with van der Waals surface area (Å²) >= 11 is 6.16. The number of nitro groups is 1. The number of hydrogen-bond acceptors (Lipinski definition) is 7. The number of nitro benzene ring substituents is 1. The lowest BCUT2D eigenvalue weighted by atomic mass is 10.1. The minimum Gasteiger partial charge on any atom is -0.469 e. The van der Waals surface area contributed by atoms with E-state index in [2.05, 4.69) is 20.0 Å². The second-order valence-corrected chi connectivity index (χ2v) is 5.22. The zero-order valence-corrected chi connectivity index (χ0v) is 13.8. The molecule has 0 radical (unpaired) electrons. The summed E-state index contributed by atoms with van der Waals surface area (Å²) in [6, 6.07) is 6.11. The van der Waals surface area contributed by atoms with E-state index in [0.717, 1.165) is 5.56 Å². The molecule has 24 heavy (non-hydrogen) atoms. The molecule has 1 aromatic carbocycles. The van der Waals surface area contributed by atoms with E-state index in [-0.39, 0.29) is 17.3 Å². The highest BCUT2D eigenvalue weighted by atomic mass is 35.5. The van der Waals surface area contributed by atoms with Crippen LogP contribution in [0.3, 0.4) is 0 Å². The van der Waals surface area contributed by atoms with E-state index in [4.69, 9.17) is 11.6 Å². The number of nitrogens with zero attached hydrogens (tertiary/aromatic N) is 3. The number of methoxy groups -OCH3 is 1. The van der Waals surface area contributed by atoms with Crippen molar-refractivity contribution in [2.24, 2.45) is 0 Å². The highest BCUT2D eigenvalue weighted by Crippen LogP contribution is 2.23. The Morgan fingerprint density at radius 1 is 1.33 bits per heavy atom. The molecule has 0 atom stereocenters. The Labute approximate surface area is 143 Å². The molecule has 9 heteroatoms. The fourth-order valence-corrected chi connectivity index (χ4v) is 2.33. The lowest BCUT2D eigenvalue weighted by molar-refractivity contribution is -0.384. The maximum Gasteiger partial charge on any atom is 0.310 e. The molecule has 0 saturated heterocycles. The van der Waals surface area contributed by atoms with Gasteiger partial charge in [0.25, 0.3) is 5.69 Å².